The fourth-order valence-corrected chi connectivity index (χ4v) is 4.45. The van der Waals surface area contributed by atoms with Crippen molar-refractivity contribution >= 4 is 17.5 Å². The maximum atomic E-state index is 13.6. The lowest BCUT2D eigenvalue weighted by Gasteiger charge is -2.29. The number of anilines is 1. The Balaban J connectivity index is 1.55. The van der Waals surface area contributed by atoms with Crippen molar-refractivity contribution in [3.8, 4) is 11.5 Å². The van der Waals surface area contributed by atoms with Crippen molar-refractivity contribution in [3.05, 3.63) is 53.8 Å². The molecule has 6 nitrogen and oxygen atoms in total. The van der Waals surface area contributed by atoms with Crippen LogP contribution in [0.3, 0.4) is 0 Å². The normalized spacial score (nSPS) is 21.2. The summed E-state index contributed by atoms with van der Waals surface area (Å²) in [6, 6.07) is 11.4. The van der Waals surface area contributed by atoms with Crippen LogP contribution in [0.4, 0.5) is 10.1 Å². The van der Waals surface area contributed by atoms with Crippen LogP contribution < -0.4 is 14.4 Å². The molecule has 2 aromatic rings. The number of ether oxygens (including phenoxy) is 2. The number of nitrogens with zero attached hydrogens (tertiary/aromatic N) is 2. The SMILES string of the molecule is COc1ccc(OC)c(C2CCCN2C(=O)C2CC(=O)N(c3cccc(F)c3)C2)c1. The van der Waals surface area contributed by atoms with E-state index in [1.165, 1.54) is 17.0 Å². The van der Waals surface area contributed by atoms with Gasteiger partial charge in [0.25, 0.3) is 0 Å². The summed E-state index contributed by atoms with van der Waals surface area (Å²) in [4.78, 5) is 29.3. The molecule has 2 heterocycles. The molecule has 0 N–H and O–H groups in total. The molecule has 0 aromatic heterocycles. The van der Waals surface area contributed by atoms with Crippen molar-refractivity contribution in [2.75, 3.05) is 32.2 Å². The van der Waals surface area contributed by atoms with Gasteiger partial charge in [-0.15, -0.1) is 0 Å². The number of halogens is 1. The second kappa shape index (κ2) is 8.34. The molecule has 2 aliphatic rings. The Labute approximate surface area is 175 Å². The minimum atomic E-state index is -0.446. The molecule has 2 unspecified atom stereocenters. The standard InChI is InChI=1S/C23H25FN2O4/c1-29-18-8-9-21(30-2)19(13-18)20-7-4-10-25(20)23(28)15-11-22(27)26(14-15)17-6-3-5-16(24)12-17/h3,5-6,8-9,12-13,15,20H,4,7,10-11,14H2,1-2H3. The number of likely N-dealkylation sites (tertiary alicyclic amines) is 1. The Morgan fingerprint density at radius 2 is 1.97 bits per heavy atom. The molecule has 0 saturated carbocycles. The van der Waals surface area contributed by atoms with E-state index in [1.807, 2.05) is 23.1 Å². The first-order valence-electron chi connectivity index (χ1n) is 10.1. The summed E-state index contributed by atoms with van der Waals surface area (Å²) < 4.78 is 24.5. The minimum absolute atomic E-state index is 0.0466. The molecule has 158 valence electrons. The Morgan fingerprint density at radius 1 is 1.13 bits per heavy atom. The topological polar surface area (TPSA) is 59.1 Å². The smallest absolute Gasteiger partial charge is 0.228 e. The highest BCUT2D eigenvalue weighted by Crippen LogP contribution is 2.40. The molecule has 7 heteroatoms. The van der Waals surface area contributed by atoms with E-state index in [0.717, 1.165) is 18.4 Å². The molecular weight excluding hydrogens is 387 g/mol. The van der Waals surface area contributed by atoms with Crippen LogP contribution in [-0.2, 0) is 9.59 Å². The highest BCUT2D eigenvalue weighted by Gasteiger charge is 2.41. The first-order chi connectivity index (χ1) is 14.5. The van der Waals surface area contributed by atoms with E-state index in [-0.39, 0.29) is 30.8 Å². The summed E-state index contributed by atoms with van der Waals surface area (Å²) in [6.45, 7) is 0.897. The predicted octanol–water partition coefficient (Wildman–Crippen LogP) is 3.56. The number of benzene rings is 2. The number of hydrogen-bond donors (Lipinski definition) is 0. The van der Waals surface area contributed by atoms with E-state index in [2.05, 4.69) is 0 Å². The van der Waals surface area contributed by atoms with Crippen LogP contribution in [0.1, 0.15) is 30.9 Å². The van der Waals surface area contributed by atoms with Crippen LogP contribution in [0.15, 0.2) is 42.5 Å². The zero-order chi connectivity index (χ0) is 21.3. The Morgan fingerprint density at radius 3 is 2.70 bits per heavy atom. The summed E-state index contributed by atoms with van der Waals surface area (Å²) in [5, 5.41) is 0. The number of methoxy groups -OCH3 is 2. The molecule has 2 aromatic carbocycles. The Hall–Kier alpha value is -3.09. The van der Waals surface area contributed by atoms with Gasteiger partial charge in [-0.25, -0.2) is 4.39 Å². The third kappa shape index (κ3) is 3.72. The van der Waals surface area contributed by atoms with E-state index < -0.39 is 11.7 Å². The van der Waals surface area contributed by atoms with Crippen molar-refractivity contribution in [1.82, 2.24) is 4.90 Å². The van der Waals surface area contributed by atoms with Crippen molar-refractivity contribution in [2.24, 2.45) is 5.92 Å². The van der Waals surface area contributed by atoms with E-state index in [1.54, 1.807) is 26.4 Å². The molecular formula is C23H25FN2O4. The monoisotopic (exact) mass is 412 g/mol. The molecule has 0 radical (unpaired) electrons. The van der Waals surface area contributed by atoms with E-state index in [0.29, 0.717) is 23.7 Å². The molecule has 4 rings (SSSR count). The lowest BCUT2D eigenvalue weighted by atomic mass is 10.0. The molecule has 0 bridgehead atoms. The van der Waals surface area contributed by atoms with E-state index >= 15 is 0 Å². The summed E-state index contributed by atoms with van der Waals surface area (Å²) in [5.74, 6) is 0.365. The maximum absolute atomic E-state index is 13.6. The van der Waals surface area contributed by atoms with Crippen LogP contribution in [0.5, 0.6) is 11.5 Å². The third-order valence-corrected chi connectivity index (χ3v) is 5.93. The van der Waals surface area contributed by atoms with Crippen LogP contribution in [0.25, 0.3) is 0 Å². The molecule has 2 aliphatic heterocycles. The molecule has 2 amide bonds. The predicted molar refractivity (Wildman–Crippen MR) is 110 cm³/mol. The van der Waals surface area contributed by atoms with Gasteiger partial charge in [-0.05, 0) is 49.2 Å². The molecule has 0 aliphatic carbocycles. The third-order valence-electron chi connectivity index (χ3n) is 5.93. The van der Waals surface area contributed by atoms with Crippen LogP contribution in [0.2, 0.25) is 0 Å². The van der Waals surface area contributed by atoms with Gasteiger partial charge in [-0.2, -0.15) is 0 Å². The summed E-state index contributed by atoms with van der Waals surface area (Å²) in [7, 11) is 3.22. The second-order valence-corrected chi connectivity index (χ2v) is 7.68. The van der Waals surface area contributed by atoms with Crippen LogP contribution >= 0.6 is 0 Å². The van der Waals surface area contributed by atoms with Gasteiger partial charge >= 0.3 is 0 Å². The highest BCUT2D eigenvalue weighted by molar-refractivity contribution is 6.00. The Kier molecular flexibility index (Phi) is 5.61. The maximum Gasteiger partial charge on any atom is 0.228 e. The lowest BCUT2D eigenvalue weighted by Crippen LogP contribution is -2.37. The molecule has 2 fully saturated rings. The highest BCUT2D eigenvalue weighted by atomic mass is 19.1. The van der Waals surface area contributed by atoms with Crippen LogP contribution in [0, 0.1) is 11.7 Å². The van der Waals surface area contributed by atoms with Gasteiger partial charge in [0.05, 0.1) is 26.2 Å². The number of carbonyl (C=O) groups excluding carboxylic acids is 2. The first kappa shape index (κ1) is 20.2. The summed E-state index contributed by atoms with van der Waals surface area (Å²) in [6.07, 6.45) is 1.84. The van der Waals surface area contributed by atoms with Crippen LogP contribution in [-0.4, -0.2) is 44.0 Å². The van der Waals surface area contributed by atoms with E-state index in [4.69, 9.17) is 9.47 Å². The first-order valence-corrected chi connectivity index (χ1v) is 10.1. The number of rotatable bonds is 5. The zero-order valence-electron chi connectivity index (χ0n) is 17.1. The van der Waals surface area contributed by atoms with Gasteiger partial charge in [0, 0.05) is 30.8 Å². The zero-order valence-corrected chi connectivity index (χ0v) is 17.1. The van der Waals surface area contributed by atoms with Gasteiger partial charge in [-0.3, -0.25) is 9.59 Å². The van der Waals surface area contributed by atoms with Gasteiger partial charge in [0.15, 0.2) is 0 Å². The fourth-order valence-electron chi connectivity index (χ4n) is 4.45. The van der Waals surface area contributed by atoms with Crippen molar-refractivity contribution in [3.63, 3.8) is 0 Å². The Bertz CT molecular complexity index is 964. The summed E-state index contributed by atoms with van der Waals surface area (Å²) >= 11 is 0. The second-order valence-electron chi connectivity index (χ2n) is 7.68. The number of carbonyl (C=O) groups is 2. The fraction of sp³-hybridized carbons (Fsp3) is 0.391. The molecule has 0 spiro atoms. The van der Waals surface area contributed by atoms with Gasteiger partial charge < -0.3 is 19.3 Å². The molecule has 30 heavy (non-hydrogen) atoms. The van der Waals surface area contributed by atoms with Crippen molar-refractivity contribution in [1.29, 1.82) is 0 Å². The average Bonchev–Trinajstić information content (AvgIpc) is 3.39. The average molecular weight is 412 g/mol. The van der Waals surface area contributed by atoms with Gasteiger partial charge in [-0.1, -0.05) is 6.07 Å². The molecule has 2 saturated heterocycles. The van der Waals surface area contributed by atoms with Gasteiger partial charge in [0.1, 0.15) is 17.3 Å². The summed E-state index contributed by atoms with van der Waals surface area (Å²) in [5.41, 5.74) is 1.40. The van der Waals surface area contributed by atoms with Crippen molar-refractivity contribution < 1.29 is 23.5 Å². The molecule has 2 atom stereocenters. The lowest BCUT2D eigenvalue weighted by molar-refractivity contribution is -0.136. The quantitative estimate of drug-likeness (QED) is 0.754. The van der Waals surface area contributed by atoms with Crippen molar-refractivity contribution in [2.45, 2.75) is 25.3 Å². The largest absolute Gasteiger partial charge is 0.497 e. The van der Waals surface area contributed by atoms with E-state index in [9.17, 15) is 14.0 Å². The van der Waals surface area contributed by atoms with Gasteiger partial charge in [0.2, 0.25) is 11.8 Å². The number of amides is 2. The minimum Gasteiger partial charge on any atom is -0.497 e. The number of hydrogen-bond acceptors (Lipinski definition) is 4.